The largest absolute Gasteiger partial charge is 0.326 e. The van der Waals surface area contributed by atoms with Crippen molar-refractivity contribution in [1.29, 1.82) is 0 Å². The van der Waals surface area contributed by atoms with Crippen LogP contribution in [0.2, 0.25) is 0 Å². The highest BCUT2D eigenvalue weighted by Gasteiger charge is 2.16. The predicted molar refractivity (Wildman–Crippen MR) is 115 cm³/mol. The van der Waals surface area contributed by atoms with Crippen LogP contribution in [-0.2, 0) is 11.2 Å². The number of nitrogens with zero attached hydrogens (tertiary/aromatic N) is 3. The normalized spacial score (nSPS) is 11.6. The van der Waals surface area contributed by atoms with Crippen molar-refractivity contribution in [2.75, 3.05) is 5.32 Å². The third-order valence-corrected chi connectivity index (χ3v) is 5.26. The number of aryl methyl sites for hydroxylation is 2. The van der Waals surface area contributed by atoms with E-state index in [1.54, 1.807) is 0 Å². The Hall–Kier alpha value is -2.69. The van der Waals surface area contributed by atoms with Gasteiger partial charge in [-0.1, -0.05) is 26.0 Å². The van der Waals surface area contributed by atoms with Crippen LogP contribution >= 0.6 is 0 Å². The first-order valence-electron chi connectivity index (χ1n) is 10.0. The molecule has 3 aromatic rings. The molecule has 148 valence electrons. The maximum atomic E-state index is 12.5. The second kappa shape index (κ2) is 8.13. The van der Waals surface area contributed by atoms with E-state index < -0.39 is 0 Å². The molecule has 2 aromatic heterocycles. The summed E-state index contributed by atoms with van der Waals surface area (Å²) in [6.07, 6.45) is 2.99. The van der Waals surface area contributed by atoms with Crippen LogP contribution in [0.4, 0.5) is 5.69 Å². The van der Waals surface area contributed by atoms with Gasteiger partial charge in [0.15, 0.2) is 5.65 Å². The van der Waals surface area contributed by atoms with Gasteiger partial charge in [-0.25, -0.2) is 9.67 Å². The Balaban J connectivity index is 1.74. The molecule has 0 aliphatic heterocycles. The molecular weight excluding hydrogens is 348 g/mol. The highest BCUT2D eigenvalue weighted by atomic mass is 16.1. The summed E-state index contributed by atoms with van der Waals surface area (Å²) in [4.78, 5) is 17.3. The summed E-state index contributed by atoms with van der Waals surface area (Å²) in [6, 6.07) is 8.33. The van der Waals surface area contributed by atoms with E-state index in [0.29, 0.717) is 18.8 Å². The summed E-state index contributed by atoms with van der Waals surface area (Å²) in [7, 11) is 0. The predicted octanol–water partition coefficient (Wildman–Crippen LogP) is 5.32. The molecule has 1 aromatic carbocycles. The van der Waals surface area contributed by atoms with Gasteiger partial charge in [-0.3, -0.25) is 4.79 Å². The number of amides is 1. The van der Waals surface area contributed by atoms with Gasteiger partial charge in [0.05, 0.1) is 6.20 Å². The number of rotatable bonds is 6. The van der Waals surface area contributed by atoms with E-state index in [4.69, 9.17) is 4.98 Å². The maximum absolute atomic E-state index is 12.5. The molecule has 5 nitrogen and oxygen atoms in total. The number of carbonyl (C=O) groups is 1. The van der Waals surface area contributed by atoms with Crippen LogP contribution in [0.3, 0.4) is 0 Å². The summed E-state index contributed by atoms with van der Waals surface area (Å²) < 4.78 is 1.95. The molecule has 0 aliphatic rings. The van der Waals surface area contributed by atoms with Gasteiger partial charge in [0.25, 0.3) is 0 Å². The number of nitrogens with one attached hydrogen (secondary N) is 1. The second-order valence-electron chi connectivity index (χ2n) is 8.05. The molecule has 0 bridgehead atoms. The third-order valence-electron chi connectivity index (χ3n) is 5.26. The fourth-order valence-electron chi connectivity index (χ4n) is 3.58. The molecule has 0 aliphatic carbocycles. The molecule has 0 saturated heterocycles. The molecule has 28 heavy (non-hydrogen) atoms. The molecular formula is C23H30N4O. The van der Waals surface area contributed by atoms with Crippen molar-refractivity contribution < 1.29 is 4.79 Å². The topological polar surface area (TPSA) is 59.8 Å². The van der Waals surface area contributed by atoms with E-state index in [0.717, 1.165) is 28.0 Å². The van der Waals surface area contributed by atoms with Gasteiger partial charge in [-0.05, 0) is 68.9 Å². The third kappa shape index (κ3) is 4.08. The minimum absolute atomic E-state index is 0.0256. The van der Waals surface area contributed by atoms with E-state index >= 15 is 0 Å². The van der Waals surface area contributed by atoms with Crippen LogP contribution in [0.1, 0.15) is 68.5 Å². The smallest absolute Gasteiger partial charge is 0.224 e. The first-order chi connectivity index (χ1) is 13.3. The molecule has 3 rings (SSSR count). The Morgan fingerprint density at radius 2 is 1.93 bits per heavy atom. The second-order valence-corrected chi connectivity index (χ2v) is 8.05. The molecule has 5 heteroatoms. The Labute approximate surface area is 167 Å². The Morgan fingerprint density at radius 1 is 1.18 bits per heavy atom. The van der Waals surface area contributed by atoms with Gasteiger partial charge in [-0.2, -0.15) is 5.10 Å². The molecule has 0 spiro atoms. The summed E-state index contributed by atoms with van der Waals surface area (Å²) in [5.74, 6) is 0.462. The van der Waals surface area contributed by atoms with E-state index in [9.17, 15) is 4.79 Å². The van der Waals surface area contributed by atoms with Crippen molar-refractivity contribution in [2.45, 2.75) is 66.3 Å². The summed E-state index contributed by atoms with van der Waals surface area (Å²) in [5, 5.41) is 8.58. The van der Waals surface area contributed by atoms with Crippen LogP contribution in [0, 0.1) is 13.8 Å². The summed E-state index contributed by atoms with van der Waals surface area (Å²) >= 11 is 0. The quantitative estimate of drug-likeness (QED) is 0.631. The lowest BCUT2D eigenvalue weighted by Crippen LogP contribution is -2.13. The molecule has 0 atom stereocenters. The number of fused-ring (bicyclic) bond motifs is 1. The van der Waals surface area contributed by atoms with Crippen molar-refractivity contribution in [1.82, 2.24) is 14.8 Å². The number of hydrogen-bond acceptors (Lipinski definition) is 3. The van der Waals surface area contributed by atoms with E-state index in [1.165, 1.54) is 11.1 Å². The van der Waals surface area contributed by atoms with Crippen LogP contribution < -0.4 is 5.32 Å². The molecule has 2 heterocycles. The molecule has 1 N–H and O–H groups in total. The molecule has 0 fully saturated rings. The lowest BCUT2D eigenvalue weighted by Gasteiger charge is -2.13. The van der Waals surface area contributed by atoms with Gasteiger partial charge in [-0.15, -0.1) is 0 Å². The van der Waals surface area contributed by atoms with E-state index in [-0.39, 0.29) is 11.9 Å². The monoisotopic (exact) mass is 378 g/mol. The van der Waals surface area contributed by atoms with Gasteiger partial charge in [0, 0.05) is 29.2 Å². The van der Waals surface area contributed by atoms with Crippen LogP contribution in [0.15, 0.2) is 30.5 Å². The van der Waals surface area contributed by atoms with Gasteiger partial charge < -0.3 is 5.32 Å². The van der Waals surface area contributed by atoms with E-state index in [2.05, 4.69) is 51.1 Å². The lowest BCUT2D eigenvalue weighted by atomic mass is 10.00. The fraction of sp³-hybridized carbons (Fsp3) is 0.435. The van der Waals surface area contributed by atoms with Crippen LogP contribution in [-0.4, -0.2) is 20.7 Å². The zero-order valence-electron chi connectivity index (χ0n) is 17.7. The number of hydrogen-bond donors (Lipinski definition) is 1. The fourth-order valence-corrected chi connectivity index (χ4v) is 3.58. The zero-order valence-corrected chi connectivity index (χ0v) is 17.7. The van der Waals surface area contributed by atoms with Crippen LogP contribution in [0.25, 0.3) is 11.0 Å². The minimum Gasteiger partial charge on any atom is -0.326 e. The standard InChI is InChI=1S/C23H30N4O/c1-14(2)18-8-7-9-19(12-18)26-22(28)11-10-20-16(5)21-13-24-27(15(3)4)23(21)25-17(20)6/h7-9,12-15H,10-11H2,1-6H3,(H,26,28). The highest BCUT2D eigenvalue weighted by Crippen LogP contribution is 2.25. The number of pyridine rings is 1. The number of anilines is 1. The first kappa shape index (κ1) is 20.1. The maximum Gasteiger partial charge on any atom is 0.224 e. The van der Waals surface area contributed by atoms with Gasteiger partial charge in [0.1, 0.15) is 0 Å². The Bertz CT molecular complexity index is 1000. The van der Waals surface area contributed by atoms with Crippen molar-refractivity contribution in [3.63, 3.8) is 0 Å². The average molecular weight is 379 g/mol. The molecule has 0 unspecified atom stereocenters. The highest BCUT2D eigenvalue weighted by molar-refractivity contribution is 5.91. The SMILES string of the molecule is Cc1nc2c(cnn2C(C)C)c(C)c1CCC(=O)Nc1cccc(C(C)C)c1. The number of aromatic nitrogens is 3. The Morgan fingerprint density at radius 3 is 2.61 bits per heavy atom. The molecule has 1 amide bonds. The average Bonchev–Trinajstić information content (AvgIpc) is 3.05. The first-order valence-corrected chi connectivity index (χ1v) is 10.0. The van der Waals surface area contributed by atoms with Gasteiger partial charge >= 0.3 is 0 Å². The van der Waals surface area contributed by atoms with E-state index in [1.807, 2.05) is 36.0 Å². The van der Waals surface area contributed by atoms with Crippen molar-refractivity contribution in [3.05, 3.63) is 52.8 Å². The summed E-state index contributed by atoms with van der Waals surface area (Å²) in [5.41, 5.74) is 6.29. The van der Waals surface area contributed by atoms with Crippen LogP contribution in [0.5, 0.6) is 0 Å². The summed E-state index contributed by atoms with van der Waals surface area (Å²) in [6.45, 7) is 12.6. The Kier molecular flexibility index (Phi) is 5.82. The van der Waals surface area contributed by atoms with Gasteiger partial charge in [0.2, 0.25) is 5.91 Å². The van der Waals surface area contributed by atoms with Crippen molar-refractivity contribution >= 4 is 22.6 Å². The number of benzene rings is 1. The minimum atomic E-state index is 0.0256. The lowest BCUT2D eigenvalue weighted by molar-refractivity contribution is -0.116. The number of carbonyl (C=O) groups excluding carboxylic acids is 1. The zero-order chi connectivity index (χ0) is 20.4. The molecule has 0 radical (unpaired) electrons. The van der Waals surface area contributed by atoms with Crippen molar-refractivity contribution in [3.8, 4) is 0 Å². The molecule has 0 saturated carbocycles. The van der Waals surface area contributed by atoms with Crippen molar-refractivity contribution in [2.24, 2.45) is 0 Å².